The van der Waals surface area contributed by atoms with Crippen LogP contribution < -0.4 is 14.8 Å². The van der Waals surface area contributed by atoms with Gasteiger partial charge < -0.3 is 14.8 Å². The molecule has 4 nitrogen and oxygen atoms in total. The van der Waals surface area contributed by atoms with Gasteiger partial charge in [0.15, 0.2) is 11.5 Å². The first-order valence-electron chi connectivity index (χ1n) is 13.6. The molecule has 1 heterocycles. The maximum absolute atomic E-state index is 6.12. The first-order chi connectivity index (χ1) is 19.6. The van der Waals surface area contributed by atoms with Gasteiger partial charge in [-0.1, -0.05) is 66.2 Å². The minimum atomic E-state index is 0.276. The average molecular weight is 614 g/mol. The van der Waals surface area contributed by atoms with Crippen molar-refractivity contribution in [3.63, 3.8) is 0 Å². The fraction of sp³-hybridized carbons (Fsp3) is 0.206. The first kappa shape index (κ1) is 26.7. The molecule has 6 rings (SSSR count). The van der Waals surface area contributed by atoms with Crippen molar-refractivity contribution < 1.29 is 9.47 Å². The molecule has 0 fully saturated rings. The summed E-state index contributed by atoms with van der Waals surface area (Å²) in [5.74, 6) is 2.33. The lowest BCUT2D eigenvalue weighted by Gasteiger charge is -2.37. The monoisotopic (exact) mass is 612 g/mol. The van der Waals surface area contributed by atoms with Crippen molar-refractivity contribution in [3.05, 3.63) is 129 Å². The van der Waals surface area contributed by atoms with E-state index in [1.54, 1.807) is 0 Å². The maximum atomic E-state index is 6.12. The van der Waals surface area contributed by atoms with Crippen LogP contribution in [0.5, 0.6) is 11.5 Å². The highest BCUT2D eigenvalue weighted by molar-refractivity contribution is 9.10. The van der Waals surface area contributed by atoms with E-state index in [0.29, 0.717) is 41.6 Å². The van der Waals surface area contributed by atoms with Crippen LogP contribution in [0.4, 0.5) is 11.4 Å². The van der Waals surface area contributed by atoms with Gasteiger partial charge in [-0.2, -0.15) is 0 Å². The second kappa shape index (κ2) is 11.9. The highest BCUT2D eigenvalue weighted by atomic mass is 79.9. The van der Waals surface area contributed by atoms with Gasteiger partial charge in [-0.15, -0.1) is 0 Å². The number of rotatable bonds is 8. The largest absolute Gasteiger partial charge is 0.490 e. The molecule has 1 aliphatic carbocycles. The Morgan fingerprint density at radius 3 is 2.60 bits per heavy atom. The number of para-hydroxylation sites is 1. The fourth-order valence-corrected chi connectivity index (χ4v) is 6.29. The van der Waals surface area contributed by atoms with Crippen LogP contribution in [-0.2, 0) is 6.61 Å². The normalized spacial score (nSPS) is 19.2. The number of halogens is 2. The highest BCUT2D eigenvalue weighted by Crippen LogP contribution is 2.49. The van der Waals surface area contributed by atoms with E-state index in [2.05, 4.69) is 81.9 Å². The third-order valence-electron chi connectivity index (χ3n) is 7.52. The summed E-state index contributed by atoms with van der Waals surface area (Å²) in [4.78, 5) is 4.75. The Morgan fingerprint density at radius 1 is 1.00 bits per heavy atom. The second-order valence-electron chi connectivity index (χ2n) is 10.1. The average Bonchev–Trinajstić information content (AvgIpc) is 3.47. The quantitative estimate of drug-likeness (QED) is 0.159. The summed E-state index contributed by atoms with van der Waals surface area (Å²) in [5.41, 5.74) is 6.77. The van der Waals surface area contributed by atoms with E-state index >= 15 is 0 Å². The summed E-state index contributed by atoms with van der Waals surface area (Å²) in [6.45, 7) is 2.90. The number of benzene rings is 4. The Hall–Kier alpha value is -3.54. The van der Waals surface area contributed by atoms with E-state index < -0.39 is 0 Å². The number of allylic oxidation sites excluding steroid dienone is 2. The van der Waals surface area contributed by atoms with Crippen molar-refractivity contribution in [3.8, 4) is 11.5 Å². The predicted octanol–water partition coefficient (Wildman–Crippen LogP) is 9.66. The van der Waals surface area contributed by atoms with Gasteiger partial charge in [0.25, 0.3) is 0 Å². The predicted molar refractivity (Wildman–Crippen MR) is 168 cm³/mol. The summed E-state index contributed by atoms with van der Waals surface area (Å²) in [6.07, 6.45) is 7.65. The van der Waals surface area contributed by atoms with Crippen molar-refractivity contribution in [2.45, 2.75) is 31.9 Å². The van der Waals surface area contributed by atoms with E-state index in [0.717, 1.165) is 27.7 Å². The van der Waals surface area contributed by atoms with Crippen molar-refractivity contribution >= 4 is 45.1 Å². The standard InChI is InChI=1S/C34H30BrClN2O2/c1-2-39-32-19-23(18-30(35)34(32)40-21-22-10-14-25(36)15-11-22)20-37-26-16-12-24(13-17-26)33-29-8-5-7-27(29)28-6-3-4-9-31(28)38-33/h3-7,9-20,27,29,33,38H,2,8,21H2,1H3/t27-,29+,33+/m1/s1. The van der Waals surface area contributed by atoms with E-state index in [1.165, 1.54) is 16.8 Å². The van der Waals surface area contributed by atoms with Crippen LogP contribution in [0.3, 0.4) is 0 Å². The topological polar surface area (TPSA) is 42.8 Å². The van der Waals surface area contributed by atoms with Crippen LogP contribution in [0.15, 0.2) is 107 Å². The van der Waals surface area contributed by atoms with Crippen LogP contribution in [0.1, 0.15) is 47.6 Å². The summed E-state index contributed by atoms with van der Waals surface area (Å²) in [5, 5.41) is 4.50. The van der Waals surface area contributed by atoms with Crippen molar-refractivity contribution in [2.75, 3.05) is 11.9 Å². The van der Waals surface area contributed by atoms with Gasteiger partial charge in [0.05, 0.1) is 22.8 Å². The van der Waals surface area contributed by atoms with Gasteiger partial charge in [-0.25, -0.2) is 0 Å². The molecule has 0 aromatic heterocycles. The number of hydrogen-bond donors (Lipinski definition) is 1. The van der Waals surface area contributed by atoms with Crippen molar-refractivity contribution in [1.29, 1.82) is 0 Å². The molecule has 0 bridgehead atoms. The molecule has 4 aromatic rings. The Kier molecular flexibility index (Phi) is 7.94. The van der Waals surface area contributed by atoms with E-state index in [9.17, 15) is 0 Å². The smallest absolute Gasteiger partial charge is 0.175 e. The molecular weight excluding hydrogens is 584 g/mol. The highest BCUT2D eigenvalue weighted by Gasteiger charge is 2.37. The summed E-state index contributed by atoms with van der Waals surface area (Å²) in [6, 6.07) is 29.1. The second-order valence-corrected chi connectivity index (χ2v) is 11.4. The van der Waals surface area contributed by atoms with E-state index in [1.807, 2.05) is 49.5 Å². The molecule has 4 aromatic carbocycles. The molecule has 1 aliphatic heterocycles. The van der Waals surface area contributed by atoms with Gasteiger partial charge >= 0.3 is 0 Å². The Morgan fingerprint density at radius 2 is 1.80 bits per heavy atom. The lowest BCUT2D eigenvalue weighted by Crippen LogP contribution is -2.28. The number of fused-ring (bicyclic) bond motifs is 3. The molecule has 3 atom stereocenters. The van der Waals surface area contributed by atoms with Crippen LogP contribution in [0, 0.1) is 5.92 Å². The molecule has 0 saturated carbocycles. The molecule has 202 valence electrons. The number of nitrogens with one attached hydrogen (secondary N) is 1. The molecule has 2 aliphatic rings. The van der Waals surface area contributed by atoms with Crippen LogP contribution in [0.25, 0.3) is 0 Å². The summed E-state index contributed by atoms with van der Waals surface area (Å²) < 4.78 is 12.8. The first-order valence-corrected chi connectivity index (χ1v) is 14.8. The Balaban J connectivity index is 1.17. The van der Waals surface area contributed by atoms with Gasteiger partial charge in [0.1, 0.15) is 6.61 Å². The van der Waals surface area contributed by atoms with E-state index in [4.69, 9.17) is 26.1 Å². The van der Waals surface area contributed by atoms with Crippen LogP contribution in [0.2, 0.25) is 5.02 Å². The van der Waals surface area contributed by atoms with Crippen molar-refractivity contribution in [2.24, 2.45) is 10.9 Å². The zero-order valence-corrected chi connectivity index (χ0v) is 24.5. The lowest BCUT2D eigenvalue weighted by molar-refractivity contribution is 0.267. The molecule has 0 saturated heterocycles. The van der Waals surface area contributed by atoms with Crippen LogP contribution in [-0.4, -0.2) is 12.8 Å². The van der Waals surface area contributed by atoms with Crippen LogP contribution >= 0.6 is 27.5 Å². The van der Waals surface area contributed by atoms with Crippen molar-refractivity contribution in [1.82, 2.24) is 0 Å². The third-order valence-corrected chi connectivity index (χ3v) is 8.36. The zero-order valence-electron chi connectivity index (χ0n) is 22.2. The Bertz CT molecular complexity index is 1550. The summed E-state index contributed by atoms with van der Waals surface area (Å²) >= 11 is 9.67. The number of aliphatic imine (C=N–C) groups is 1. The molecule has 40 heavy (non-hydrogen) atoms. The number of hydrogen-bond acceptors (Lipinski definition) is 4. The molecule has 1 N–H and O–H groups in total. The van der Waals surface area contributed by atoms with E-state index in [-0.39, 0.29) is 6.04 Å². The molecular formula is C34H30BrClN2O2. The number of ether oxygens (including phenoxy) is 2. The summed E-state index contributed by atoms with van der Waals surface area (Å²) in [7, 11) is 0. The third kappa shape index (κ3) is 5.67. The SMILES string of the molecule is CCOc1cc(C=Nc2ccc([C@@H]3Nc4ccccc4[C@H]4C=CC[C@@H]43)cc2)cc(Br)c1OCc1ccc(Cl)cc1. The molecule has 0 unspecified atom stereocenters. The number of anilines is 1. The fourth-order valence-electron chi connectivity index (χ4n) is 5.59. The maximum Gasteiger partial charge on any atom is 0.175 e. The molecule has 0 spiro atoms. The molecule has 0 amide bonds. The lowest BCUT2D eigenvalue weighted by atomic mass is 9.77. The van der Waals surface area contributed by atoms with Gasteiger partial charge in [0, 0.05) is 22.8 Å². The zero-order chi connectivity index (χ0) is 27.5. The van der Waals surface area contributed by atoms with Gasteiger partial charge in [0.2, 0.25) is 0 Å². The molecule has 0 radical (unpaired) electrons. The minimum absolute atomic E-state index is 0.276. The Labute approximate surface area is 248 Å². The number of nitrogens with zero attached hydrogens (tertiary/aromatic N) is 1. The van der Waals surface area contributed by atoms with Gasteiger partial charge in [-0.3, -0.25) is 4.99 Å². The minimum Gasteiger partial charge on any atom is -0.490 e. The van der Waals surface area contributed by atoms with Gasteiger partial charge in [-0.05, 0) is 99.9 Å². The molecule has 6 heteroatoms.